The number of halogens is 1. The predicted octanol–water partition coefficient (Wildman–Crippen LogP) is 2.42. The van der Waals surface area contributed by atoms with Crippen LogP contribution in [0.3, 0.4) is 0 Å². The number of hydrogen-bond donors (Lipinski definition) is 3. The molecule has 1 fully saturated rings. The zero-order valence-electron chi connectivity index (χ0n) is 20.5. The van der Waals surface area contributed by atoms with Crippen LogP contribution in [0.1, 0.15) is 12.1 Å². The minimum absolute atomic E-state index is 0.161. The van der Waals surface area contributed by atoms with Gasteiger partial charge in [0.2, 0.25) is 11.9 Å². The molecule has 0 atom stereocenters. The van der Waals surface area contributed by atoms with E-state index in [1.807, 2.05) is 25.1 Å². The number of anilines is 2. The molecule has 4 heterocycles. The molecular formula is C26H32FN7O2. The first kappa shape index (κ1) is 24.4. The normalized spacial score (nSPS) is 16.1. The molecular weight excluding hydrogens is 461 g/mol. The van der Waals surface area contributed by atoms with Crippen molar-refractivity contribution in [2.45, 2.75) is 19.9 Å². The van der Waals surface area contributed by atoms with E-state index < -0.39 is 5.82 Å². The summed E-state index contributed by atoms with van der Waals surface area (Å²) < 4.78 is 16.8. The third-order valence-electron chi connectivity index (χ3n) is 6.77. The number of fused-ring (bicyclic) bond motifs is 1. The highest BCUT2D eigenvalue weighted by atomic mass is 19.1. The van der Waals surface area contributed by atoms with Crippen molar-refractivity contribution < 1.29 is 14.3 Å². The Kier molecular flexibility index (Phi) is 7.26. The van der Waals surface area contributed by atoms with Crippen molar-refractivity contribution in [3.63, 3.8) is 0 Å². The molecule has 0 radical (unpaired) electrons. The highest BCUT2D eigenvalue weighted by Gasteiger charge is 2.25. The number of piperazine rings is 1. The number of aromatic nitrogens is 3. The summed E-state index contributed by atoms with van der Waals surface area (Å²) in [6.07, 6.45) is 0.286. The molecule has 0 spiro atoms. The van der Waals surface area contributed by atoms with Crippen molar-refractivity contribution in [1.29, 1.82) is 0 Å². The fraction of sp³-hybridized carbons (Fsp3) is 0.423. The van der Waals surface area contributed by atoms with Gasteiger partial charge in [-0.25, -0.2) is 9.37 Å². The third kappa shape index (κ3) is 5.25. The molecule has 0 saturated carbocycles. The van der Waals surface area contributed by atoms with Gasteiger partial charge in [-0.2, -0.15) is 0 Å². The summed E-state index contributed by atoms with van der Waals surface area (Å²) in [6, 6.07) is 10.6. The number of nitrogens with one attached hydrogen (secondary N) is 2. The number of benzene rings is 1. The first-order valence-corrected chi connectivity index (χ1v) is 12.5. The van der Waals surface area contributed by atoms with Crippen molar-refractivity contribution in [1.82, 2.24) is 24.3 Å². The second kappa shape index (κ2) is 10.7. The van der Waals surface area contributed by atoms with Crippen LogP contribution in [-0.2, 0) is 11.3 Å². The van der Waals surface area contributed by atoms with Gasteiger partial charge in [0.05, 0.1) is 23.7 Å². The van der Waals surface area contributed by atoms with Crippen LogP contribution in [0.2, 0.25) is 0 Å². The maximum atomic E-state index is 14.7. The molecule has 3 N–H and O–H groups in total. The molecule has 0 bridgehead atoms. The van der Waals surface area contributed by atoms with Gasteiger partial charge in [0.25, 0.3) is 0 Å². The second-order valence-electron chi connectivity index (χ2n) is 9.27. The van der Waals surface area contributed by atoms with Gasteiger partial charge in [-0.3, -0.25) is 14.7 Å². The fourth-order valence-electron chi connectivity index (χ4n) is 4.85. The van der Waals surface area contributed by atoms with Gasteiger partial charge in [-0.05, 0) is 37.3 Å². The topological polar surface area (TPSA) is 98.6 Å². The van der Waals surface area contributed by atoms with Gasteiger partial charge >= 0.3 is 0 Å². The van der Waals surface area contributed by atoms with Gasteiger partial charge in [-0.1, -0.05) is 6.07 Å². The van der Waals surface area contributed by atoms with E-state index in [4.69, 9.17) is 10.1 Å². The number of hydrogen-bond acceptors (Lipinski definition) is 7. The molecule has 1 aromatic carbocycles. The summed E-state index contributed by atoms with van der Waals surface area (Å²) in [6.45, 7) is 8.38. The SMILES string of the molecule is Cc1cccc(-c2nc3n(c2-c2ccc(F)c(NC(=O)CCN4CCN(CCO)CC4)c2)CCN3)n1. The molecule has 2 aliphatic rings. The monoisotopic (exact) mass is 493 g/mol. The van der Waals surface area contributed by atoms with Crippen LogP contribution in [0.4, 0.5) is 16.0 Å². The summed E-state index contributed by atoms with van der Waals surface area (Å²) in [7, 11) is 0. The Bertz CT molecular complexity index is 1240. The number of aliphatic hydroxyl groups excluding tert-OH is 1. The lowest BCUT2D eigenvalue weighted by atomic mass is 10.1. The predicted molar refractivity (Wildman–Crippen MR) is 137 cm³/mol. The number of amides is 1. The molecule has 0 aliphatic carbocycles. The van der Waals surface area contributed by atoms with Gasteiger partial charge in [0.1, 0.15) is 11.5 Å². The van der Waals surface area contributed by atoms with E-state index in [2.05, 4.69) is 30.0 Å². The number of aryl methyl sites for hydroxylation is 1. The van der Waals surface area contributed by atoms with Crippen LogP contribution in [0.15, 0.2) is 36.4 Å². The number of carbonyl (C=O) groups is 1. The summed E-state index contributed by atoms with van der Waals surface area (Å²) in [5.74, 6) is 0.0705. The first-order chi connectivity index (χ1) is 17.5. The molecule has 2 aliphatic heterocycles. The summed E-state index contributed by atoms with van der Waals surface area (Å²) >= 11 is 0. The smallest absolute Gasteiger partial charge is 0.225 e. The zero-order valence-corrected chi connectivity index (χ0v) is 20.5. The van der Waals surface area contributed by atoms with Crippen molar-refractivity contribution in [2.24, 2.45) is 0 Å². The van der Waals surface area contributed by atoms with Crippen molar-refractivity contribution >= 4 is 17.5 Å². The highest BCUT2D eigenvalue weighted by molar-refractivity contribution is 5.92. The molecule has 5 rings (SSSR count). The number of aliphatic hydroxyl groups is 1. The summed E-state index contributed by atoms with van der Waals surface area (Å²) in [4.78, 5) is 26.6. The number of β-amino-alcohol motifs (C(OH)–C–C–N with tert-alkyl or cyclic N) is 1. The standard InChI is InChI=1S/C26H32FN7O2/c1-18-3-2-4-21(29-18)24-25(34-10-8-28-26(34)31-24)19-5-6-20(27)22(17-19)30-23(36)7-9-32-11-13-33(14-12-32)15-16-35/h2-6,17,35H,7-16H2,1H3,(H,28,31)(H,30,36). The minimum atomic E-state index is -0.473. The van der Waals surface area contributed by atoms with E-state index in [9.17, 15) is 9.18 Å². The Balaban J connectivity index is 1.32. The van der Waals surface area contributed by atoms with E-state index in [0.29, 0.717) is 13.1 Å². The van der Waals surface area contributed by atoms with E-state index in [1.54, 1.807) is 12.1 Å². The van der Waals surface area contributed by atoms with Crippen LogP contribution in [0, 0.1) is 12.7 Å². The van der Waals surface area contributed by atoms with Crippen LogP contribution in [0.5, 0.6) is 0 Å². The Morgan fingerprint density at radius 3 is 2.61 bits per heavy atom. The molecule has 1 amide bonds. The van der Waals surface area contributed by atoms with Gasteiger partial charge < -0.3 is 25.2 Å². The van der Waals surface area contributed by atoms with Gasteiger partial charge in [0.15, 0.2) is 0 Å². The molecule has 1 saturated heterocycles. The van der Waals surface area contributed by atoms with E-state index >= 15 is 0 Å². The third-order valence-corrected chi connectivity index (χ3v) is 6.77. The molecule has 10 heteroatoms. The molecule has 2 aromatic heterocycles. The van der Waals surface area contributed by atoms with E-state index in [1.165, 1.54) is 6.07 Å². The lowest BCUT2D eigenvalue weighted by Gasteiger charge is -2.34. The van der Waals surface area contributed by atoms with Crippen LogP contribution in [-0.4, -0.2) is 87.8 Å². The Morgan fingerprint density at radius 2 is 1.86 bits per heavy atom. The van der Waals surface area contributed by atoms with Crippen molar-refractivity contribution in [3.05, 3.63) is 47.9 Å². The minimum Gasteiger partial charge on any atom is -0.395 e. The summed E-state index contributed by atoms with van der Waals surface area (Å²) in [5, 5.41) is 15.1. The highest BCUT2D eigenvalue weighted by Crippen LogP contribution is 2.37. The van der Waals surface area contributed by atoms with Crippen LogP contribution < -0.4 is 10.6 Å². The van der Waals surface area contributed by atoms with E-state index in [0.717, 1.165) is 73.6 Å². The van der Waals surface area contributed by atoms with Crippen LogP contribution in [0.25, 0.3) is 22.6 Å². The average Bonchev–Trinajstić information content (AvgIpc) is 3.47. The quantitative estimate of drug-likeness (QED) is 0.443. The maximum Gasteiger partial charge on any atom is 0.225 e. The Labute approximate surface area is 210 Å². The molecule has 36 heavy (non-hydrogen) atoms. The average molecular weight is 494 g/mol. The van der Waals surface area contributed by atoms with Crippen molar-refractivity contribution in [3.8, 4) is 22.6 Å². The van der Waals surface area contributed by atoms with Gasteiger partial charge in [0, 0.05) is 70.0 Å². The molecule has 0 unspecified atom stereocenters. The number of rotatable bonds is 8. The second-order valence-corrected chi connectivity index (χ2v) is 9.27. The number of carbonyl (C=O) groups excluding carboxylic acids is 1. The van der Waals surface area contributed by atoms with E-state index in [-0.39, 0.29) is 24.6 Å². The molecule has 190 valence electrons. The number of pyridine rings is 1. The number of imidazole rings is 1. The van der Waals surface area contributed by atoms with Crippen LogP contribution >= 0.6 is 0 Å². The largest absolute Gasteiger partial charge is 0.395 e. The number of nitrogens with zero attached hydrogens (tertiary/aromatic N) is 5. The Morgan fingerprint density at radius 1 is 1.08 bits per heavy atom. The van der Waals surface area contributed by atoms with Gasteiger partial charge in [-0.15, -0.1) is 0 Å². The molecule has 9 nitrogen and oxygen atoms in total. The summed E-state index contributed by atoms with van der Waals surface area (Å²) in [5.41, 5.74) is 4.15. The Hall–Kier alpha value is -3.34. The lowest BCUT2D eigenvalue weighted by molar-refractivity contribution is -0.116. The first-order valence-electron chi connectivity index (χ1n) is 12.5. The molecule has 3 aromatic rings. The lowest BCUT2D eigenvalue weighted by Crippen LogP contribution is -2.47. The zero-order chi connectivity index (χ0) is 25.1. The van der Waals surface area contributed by atoms with Crippen molar-refractivity contribution in [2.75, 3.05) is 63.1 Å². The maximum absolute atomic E-state index is 14.7. The fourth-order valence-corrected chi connectivity index (χ4v) is 4.85.